The molecule has 1 unspecified atom stereocenters. The second-order valence-corrected chi connectivity index (χ2v) is 20.8. The average molecular weight is 957 g/mol. The Kier molecular flexibility index (Phi) is 11.3. The summed E-state index contributed by atoms with van der Waals surface area (Å²) >= 11 is 6.67. The molecule has 0 radical (unpaired) electrons. The van der Waals surface area contributed by atoms with Gasteiger partial charge in [-0.3, -0.25) is 24.4 Å². The summed E-state index contributed by atoms with van der Waals surface area (Å²) in [5.41, 5.74) is 3.10. The van der Waals surface area contributed by atoms with E-state index < -0.39 is 30.0 Å². The van der Waals surface area contributed by atoms with Gasteiger partial charge in [-0.2, -0.15) is 10.1 Å². The summed E-state index contributed by atoms with van der Waals surface area (Å²) in [5, 5.41) is 14.9. The molecule has 1 spiro atoms. The number of nitrogens with zero attached hydrogens (tertiary/aromatic N) is 8. The summed E-state index contributed by atoms with van der Waals surface area (Å²) in [4.78, 5) is 54.2. The number of aromatic nitrogens is 5. The van der Waals surface area contributed by atoms with Gasteiger partial charge in [-0.25, -0.2) is 18.2 Å². The Hall–Kier alpha value is -5.62. The molecular weight excluding hydrogens is 899 g/mol. The van der Waals surface area contributed by atoms with Crippen LogP contribution in [-0.4, -0.2) is 105 Å². The fourth-order valence-corrected chi connectivity index (χ4v) is 11.8. The van der Waals surface area contributed by atoms with Gasteiger partial charge in [0.15, 0.2) is 12.4 Å². The predicted molar refractivity (Wildman–Crippen MR) is 255 cm³/mol. The monoisotopic (exact) mass is 955 g/mol. The van der Waals surface area contributed by atoms with E-state index >= 15 is 13.2 Å². The van der Waals surface area contributed by atoms with E-state index in [2.05, 4.69) is 47.7 Å². The van der Waals surface area contributed by atoms with E-state index in [9.17, 15) is 14.4 Å². The highest BCUT2D eigenvalue weighted by molar-refractivity contribution is 6.33. The third kappa shape index (κ3) is 8.17. The number of carbonyl (C=O) groups is 2. The Morgan fingerprint density at radius 3 is 2.43 bits per heavy atom. The number of piperidine rings is 4. The molecule has 2 amide bonds. The second-order valence-electron chi connectivity index (χ2n) is 20.4. The predicted octanol–water partition coefficient (Wildman–Crippen LogP) is 7.33. The van der Waals surface area contributed by atoms with Gasteiger partial charge < -0.3 is 34.6 Å². The SMILES string of the molecule is C[C@H]1CN(c2cc3c(cc2F)c(C2CCC(=O)NC2=O)nn3C)CC[C@H]1CN1CCC2(CC1)CCN(c1ncc(Cl)c(Nc3ccc4c(c3)c3c(c(=O)n4C)OCC(F)(F)[C@H](C4CC4)N3)n1)CC2. The Labute approximate surface area is 396 Å². The number of imide groups is 1. The molecule has 4 atom stereocenters. The number of benzene rings is 2. The molecule has 19 heteroatoms. The highest BCUT2D eigenvalue weighted by atomic mass is 35.5. The van der Waals surface area contributed by atoms with E-state index in [0.717, 1.165) is 83.4 Å². The van der Waals surface area contributed by atoms with Crippen LogP contribution >= 0.6 is 11.6 Å². The van der Waals surface area contributed by atoms with Crippen LogP contribution in [0.2, 0.25) is 5.02 Å². The van der Waals surface area contributed by atoms with Crippen molar-refractivity contribution in [1.29, 1.82) is 0 Å². The minimum absolute atomic E-state index is 0.107. The molecule has 4 saturated heterocycles. The molecule has 6 aliphatic rings. The van der Waals surface area contributed by atoms with Crippen LogP contribution in [0.1, 0.15) is 76.3 Å². The third-order valence-corrected chi connectivity index (χ3v) is 16.3. The number of aryl methyl sites for hydroxylation is 2. The first-order chi connectivity index (χ1) is 32.6. The van der Waals surface area contributed by atoms with Crippen LogP contribution in [-0.2, 0) is 23.7 Å². The number of fused-ring (bicyclic) bond motifs is 4. The molecule has 5 aliphatic heterocycles. The Balaban J connectivity index is 0.699. The number of rotatable bonds is 8. The Morgan fingerprint density at radius 2 is 1.69 bits per heavy atom. The van der Waals surface area contributed by atoms with Crippen LogP contribution in [0.25, 0.3) is 21.8 Å². The van der Waals surface area contributed by atoms with Crippen molar-refractivity contribution in [3.63, 3.8) is 0 Å². The lowest BCUT2D eigenvalue weighted by molar-refractivity contribution is -0.134. The number of halogens is 4. The van der Waals surface area contributed by atoms with E-state index in [1.807, 2.05) is 25.2 Å². The van der Waals surface area contributed by atoms with Gasteiger partial charge in [-0.15, -0.1) is 0 Å². The minimum Gasteiger partial charge on any atom is -0.480 e. The van der Waals surface area contributed by atoms with Gasteiger partial charge in [0.25, 0.3) is 5.56 Å². The zero-order valence-corrected chi connectivity index (χ0v) is 39.4. The Bertz CT molecular complexity index is 2890. The zero-order valence-electron chi connectivity index (χ0n) is 38.6. The molecule has 68 heavy (non-hydrogen) atoms. The lowest BCUT2D eigenvalue weighted by Gasteiger charge is -2.48. The van der Waals surface area contributed by atoms with Gasteiger partial charge in [0.1, 0.15) is 10.8 Å². The van der Waals surface area contributed by atoms with Crippen LogP contribution in [0.3, 0.4) is 0 Å². The molecule has 2 aromatic carbocycles. The summed E-state index contributed by atoms with van der Waals surface area (Å²) in [6.45, 7) is 7.71. The number of hydrogen-bond donors (Lipinski definition) is 3. The molecule has 15 nitrogen and oxygen atoms in total. The maximum absolute atomic E-state index is 15.9. The minimum atomic E-state index is -3.13. The number of anilines is 5. The van der Waals surface area contributed by atoms with E-state index in [1.165, 1.54) is 10.6 Å². The van der Waals surface area contributed by atoms with Gasteiger partial charge in [0.2, 0.25) is 23.5 Å². The number of pyridine rings is 1. The number of alkyl halides is 2. The summed E-state index contributed by atoms with van der Waals surface area (Å²) in [5.74, 6) is -3.12. The molecule has 5 fully saturated rings. The lowest BCUT2D eigenvalue weighted by Crippen LogP contribution is -2.49. The van der Waals surface area contributed by atoms with Crippen LogP contribution in [0.5, 0.6) is 5.75 Å². The normalized spacial score (nSPS) is 25.2. The van der Waals surface area contributed by atoms with Crippen molar-refractivity contribution in [3.8, 4) is 5.75 Å². The van der Waals surface area contributed by atoms with E-state index in [1.54, 1.807) is 24.0 Å². The van der Waals surface area contributed by atoms with Gasteiger partial charge in [-0.05, 0) is 118 Å². The number of amides is 2. The largest absolute Gasteiger partial charge is 0.480 e. The summed E-state index contributed by atoms with van der Waals surface area (Å²) in [6.07, 6.45) is 8.91. The molecule has 1 aliphatic carbocycles. The number of nitrogens with one attached hydrogen (secondary N) is 3. The molecule has 0 bridgehead atoms. The quantitative estimate of drug-likeness (QED) is 0.134. The van der Waals surface area contributed by atoms with Crippen molar-refractivity contribution in [3.05, 3.63) is 63.4 Å². The molecule has 3 N–H and O–H groups in total. The zero-order chi connectivity index (χ0) is 47.2. The molecule has 360 valence electrons. The number of ether oxygens (including phenoxy) is 1. The molecule has 5 aromatic rings. The van der Waals surface area contributed by atoms with E-state index in [0.29, 0.717) is 81.2 Å². The maximum atomic E-state index is 15.9. The maximum Gasteiger partial charge on any atom is 0.301 e. The number of carbonyl (C=O) groups excluding carboxylic acids is 2. The Morgan fingerprint density at radius 1 is 0.926 bits per heavy atom. The summed E-state index contributed by atoms with van der Waals surface area (Å²) in [6, 6.07) is 7.65. The van der Waals surface area contributed by atoms with Gasteiger partial charge in [0.05, 0.1) is 46.3 Å². The first-order valence-electron chi connectivity index (χ1n) is 24.1. The van der Waals surface area contributed by atoms with Gasteiger partial charge >= 0.3 is 5.92 Å². The van der Waals surface area contributed by atoms with Crippen LogP contribution in [0.15, 0.2) is 41.3 Å². The van der Waals surface area contributed by atoms with Crippen molar-refractivity contribution in [2.24, 2.45) is 37.3 Å². The van der Waals surface area contributed by atoms with Crippen molar-refractivity contribution in [2.75, 3.05) is 72.9 Å². The van der Waals surface area contributed by atoms with Crippen LogP contribution in [0.4, 0.5) is 42.0 Å². The number of likely N-dealkylation sites (tertiary alicyclic amines) is 1. The molecule has 1 saturated carbocycles. The van der Waals surface area contributed by atoms with Crippen molar-refractivity contribution >= 4 is 74.0 Å². The highest BCUT2D eigenvalue weighted by Gasteiger charge is 2.51. The second kappa shape index (κ2) is 17.1. The molecule has 3 aromatic heterocycles. The van der Waals surface area contributed by atoms with Crippen molar-refractivity contribution in [2.45, 2.75) is 82.6 Å². The van der Waals surface area contributed by atoms with E-state index in [-0.39, 0.29) is 46.8 Å². The van der Waals surface area contributed by atoms with Crippen LogP contribution < -0.4 is 36.0 Å². The fourth-order valence-electron chi connectivity index (χ4n) is 11.7. The van der Waals surface area contributed by atoms with Crippen molar-refractivity contribution in [1.82, 2.24) is 34.5 Å². The van der Waals surface area contributed by atoms with Gasteiger partial charge in [0, 0.05) is 69.7 Å². The highest BCUT2D eigenvalue weighted by Crippen LogP contribution is 2.47. The first kappa shape index (κ1) is 44.9. The van der Waals surface area contributed by atoms with E-state index in [4.69, 9.17) is 21.3 Å². The molecular formula is C49H57ClF3N11O4. The summed E-state index contributed by atoms with van der Waals surface area (Å²) < 4.78 is 55.0. The number of hydrogen-bond acceptors (Lipinski definition) is 12. The first-order valence-corrected chi connectivity index (χ1v) is 24.5. The van der Waals surface area contributed by atoms with Crippen LogP contribution in [0, 0.1) is 29.0 Å². The molecule has 8 heterocycles. The standard InChI is InChI=1S/C49H57ClF3N11O4/c1-27-24-64(38-22-37-33(21-35(38)51)40(59-61(37)3)31-7-9-39(65)56-45(31)66)15-10-29(27)25-62-16-11-48(12-17-62)13-18-63(19-14-48)47-54-23-34(50)44(58-47)55-30-6-8-36-32(20-30)41-42(46(67)60(36)2)68-26-49(52,53)43(57-41)28-4-5-28/h6,8,20-23,27-29,31,43,57H,4-5,7,9-19,24-26H2,1-3H3,(H,54,55,58)(H,56,65,66)/t27-,29-,31?,43-/m0/s1. The van der Waals surface area contributed by atoms with Crippen molar-refractivity contribution < 1.29 is 27.5 Å². The fraction of sp³-hybridized carbons (Fsp3) is 0.551. The summed E-state index contributed by atoms with van der Waals surface area (Å²) in [7, 11) is 3.42. The average Bonchev–Trinajstić information content (AvgIpc) is 4.13. The lowest BCUT2D eigenvalue weighted by atomic mass is 9.71. The smallest absolute Gasteiger partial charge is 0.301 e. The third-order valence-electron chi connectivity index (χ3n) is 16.1. The topological polar surface area (TPSA) is 155 Å². The van der Waals surface area contributed by atoms with Gasteiger partial charge in [-0.1, -0.05) is 18.5 Å². The molecule has 11 rings (SSSR count).